The Morgan fingerprint density at radius 1 is 1.16 bits per heavy atom. The first-order valence-electron chi connectivity index (χ1n) is 10.3. The van der Waals surface area contributed by atoms with Crippen molar-refractivity contribution in [3.05, 3.63) is 58.4 Å². The Bertz CT molecular complexity index is 1110. The lowest BCUT2D eigenvalue weighted by molar-refractivity contribution is -0.122. The highest BCUT2D eigenvalue weighted by molar-refractivity contribution is 7.71. The van der Waals surface area contributed by atoms with E-state index in [2.05, 4.69) is 15.5 Å². The van der Waals surface area contributed by atoms with Crippen molar-refractivity contribution in [2.75, 3.05) is 13.2 Å². The monoisotopic (exact) mass is 440 g/mol. The zero-order valence-electron chi connectivity index (χ0n) is 18.3. The molecule has 7 nitrogen and oxygen atoms in total. The van der Waals surface area contributed by atoms with Crippen molar-refractivity contribution < 1.29 is 14.3 Å². The SMILES string of the molecule is CCOc1ccc(C(C)NC(=O)Cn2c(-c3cccc(C)c3)n[nH]c2=S)cc1OCC. The molecular formula is C23H28N4O3S. The number of H-pyrrole nitrogens is 1. The molecule has 2 aromatic carbocycles. The second kappa shape index (κ2) is 10.3. The van der Waals surface area contributed by atoms with Gasteiger partial charge >= 0.3 is 0 Å². The van der Waals surface area contributed by atoms with Gasteiger partial charge in [-0.3, -0.25) is 14.5 Å². The van der Waals surface area contributed by atoms with E-state index in [1.807, 2.05) is 70.2 Å². The number of aromatic amines is 1. The molecule has 31 heavy (non-hydrogen) atoms. The van der Waals surface area contributed by atoms with Crippen molar-refractivity contribution in [3.8, 4) is 22.9 Å². The predicted octanol–water partition coefficient (Wildman–Crippen LogP) is 4.59. The van der Waals surface area contributed by atoms with Crippen molar-refractivity contribution in [1.82, 2.24) is 20.1 Å². The van der Waals surface area contributed by atoms with Crippen LogP contribution in [0, 0.1) is 11.7 Å². The Labute approximate surface area is 187 Å². The van der Waals surface area contributed by atoms with Crippen LogP contribution in [0.1, 0.15) is 37.9 Å². The maximum Gasteiger partial charge on any atom is 0.240 e. The van der Waals surface area contributed by atoms with Crippen LogP contribution in [-0.4, -0.2) is 33.9 Å². The first kappa shape index (κ1) is 22.6. The molecule has 0 bridgehead atoms. The zero-order valence-corrected chi connectivity index (χ0v) is 19.1. The first-order valence-corrected chi connectivity index (χ1v) is 10.7. The van der Waals surface area contributed by atoms with Crippen LogP contribution < -0.4 is 14.8 Å². The molecule has 1 amide bonds. The Morgan fingerprint density at radius 3 is 2.61 bits per heavy atom. The summed E-state index contributed by atoms with van der Waals surface area (Å²) in [6.45, 7) is 8.95. The lowest BCUT2D eigenvalue weighted by Gasteiger charge is -2.18. The number of rotatable bonds is 9. The Kier molecular flexibility index (Phi) is 7.46. The van der Waals surface area contributed by atoms with Gasteiger partial charge in [0.05, 0.1) is 19.3 Å². The molecule has 0 saturated carbocycles. The normalized spacial score (nSPS) is 11.7. The van der Waals surface area contributed by atoms with Crippen molar-refractivity contribution in [2.45, 2.75) is 40.3 Å². The molecule has 0 aliphatic carbocycles. The molecule has 0 radical (unpaired) electrons. The molecule has 0 aliphatic heterocycles. The van der Waals surface area contributed by atoms with Gasteiger partial charge < -0.3 is 14.8 Å². The summed E-state index contributed by atoms with van der Waals surface area (Å²) >= 11 is 5.35. The molecule has 164 valence electrons. The third-order valence-electron chi connectivity index (χ3n) is 4.78. The number of hydrogen-bond donors (Lipinski definition) is 2. The third kappa shape index (κ3) is 5.52. The van der Waals surface area contributed by atoms with Gasteiger partial charge in [-0.25, -0.2) is 0 Å². The average Bonchev–Trinajstić information content (AvgIpc) is 3.09. The summed E-state index contributed by atoms with van der Waals surface area (Å²) in [5, 5.41) is 10.1. The number of carbonyl (C=O) groups excluding carboxylic acids is 1. The number of nitrogens with zero attached hydrogens (tertiary/aromatic N) is 2. The van der Waals surface area contributed by atoms with Gasteiger partial charge in [-0.1, -0.05) is 29.8 Å². The number of aromatic nitrogens is 3. The van der Waals surface area contributed by atoms with Crippen molar-refractivity contribution in [3.63, 3.8) is 0 Å². The van der Waals surface area contributed by atoms with Crippen LogP contribution in [0.3, 0.4) is 0 Å². The van der Waals surface area contributed by atoms with Crippen LogP contribution >= 0.6 is 12.2 Å². The molecule has 1 aromatic heterocycles. The smallest absolute Gasteiger partial charge is 0.240 e. The number of carbonyl (C=O) groups is 1. The van der Waals surface area contributed by atoms with E-state index in [1.54, 1.807) is 4.57 Å². The van der Waals surface area contributed by atoms with E-state index in [1.165, 1.54) is 0 Å². The minimum Gasteiger partial charge on any atom is -0.490 e. The van der Waals surface area contributed by atoms with E-state index >= 15 is 0 Å². The summed E-state index contributed by atoms with van der Waals surface area (Å²) in [5.74, 6) is 1.84. The standard InChI is InChI=1S/C23H28N4O3S/c1-5-29-19-11-10-17(13-20(19)30-6-2)16(4)24-21(28)14-27-22(25-26-23(27)31)18-9-7-8-15(3)12-18/h7-13,16H,5-6,14H2,1-4H3,(H,24,28)(H,26,31). The number of aryl methyl sites for hydroxylation is 1. The summed E-state index contributed by atoms with van der Waals surface area (Å²) in [6.07, 6.45) is 0. The van der Waals surface area contributed by atoms with Crippen molar-refractivity contribution in [1.29, 1.82) is 0 Å². The number of benzene rings is 2. The Balaban J connectivity index is 1.75. The molecule has 0 fully saturated rings. The Hall–Kier alpha value is -3.13. The molecule has 0 saturated heterocycles. The van der Waals surface area contributed by atoms with Gasteiger partial charge in [-0.05, 0) is 63.7 Å². The minimum atomic E-state index is -0.217. The fraction of sp³-hybridized carbons (Fsp3) is 0.348. The molecular weight excluding hydrogens is 412 g/mol. The van der Waals surface area contributed by atoms with Gasteiger partial charge in [-0.2, -0.15) is 5.10 Å². The van der Waals surface area contributed by atoms with E-state index in [0.29, 0.717) is 35.3 Å². The minimum absolute atomic E-state index is 0.0678. The topological polar surface area (TPSA) is 81.2 Å². The molecule has 1 heterocycles. The van der Waals surface area contributed by atoms with Gasteiger partial charge in [0.1, 0.15) is 6.54 Å². The second-order valence-electron chi connectivity index (χ2n) is 7.17. The highest BCUT2D eigenvalue weighted by atomic mass is 32.1. The highest BCUT2D eigenvalue weighted by Crippen LogP contribution is 2.30. The molecule has 1 unspecified atom stereocenters. The Morgan fingerprint density at radius 2 is 1.90 bits per heavy atom. The summed E-state index contributed by atoms with van der Waals surface area (Å²) in [4.78, 5) is 12.8. The maximum absolute atomic E-state index is 12.8. The highest BCUT2D eigenvalue weighted by Gasteiger charge is 2.16. The lowest BCUT2D eigenvalue weighted by Crippen LogP contribution is -2.30. The average molecular weight is 441 g/mol. The van der Waals surface area contributed by atoms with Crippen LogP contribution in [0.15, 0.2) is 42.5 Å². The largest absolute Gasteiger partial charge is 0.490 e. The number of hydrogen-bond acceptors (Lipinski definition) is 5. The van der Waals surface area contributed by atoms with Crippen LogP contribution in [0.4, 0.5) is 0 Å². The van der Waals surface area contributed by atoms with Gasteiger partial charge in [0.25, 0.3) is 0 Å². The quantitative estimate of drug-likeness (QED) is 0.476. The fourth-order valence-corrected chi connectivity index (χ4v) is 3.52. The summed E-state index contributed by atoms with van der Waals surface area (Å²) in [7, 11) is 0. The second-order valence-corrected chi connectivity index (χ2v) is 7.56. The van der Waals surface area contributed by atoms with Crippen LogP contribution in [-0.2, 0) is 11.3 Å². The number of ether oxygens (including phenoxy) is 2. The van der Waals surface area contributed by atoms with E-state index < -0.39 is 0 Å². The van der Waals surface area contributed by atoms with Gasteiger partial charge in [0, 0.05) is 5.56 Å². The van der Waals surface area contributed by atoms with Crippen LogP contribution in [0.2, 0.25) is 0 Å². The van der Waals surface area contributed by atoms with Crippen molar-refractivity contribution in [2.24, 2.45) is 0 Å². The molecule has 3 aromatic rings. The molecule has 8 heteroatoms. The van der Waals surface area contributed by atoms with Crippen LogP contribution in [0.25, 0.3) is 11.4 Å². The van der Waals surface area contributed by atoms with E-state index in [-0.39, 0.29) is 18.5 Å². The molecule has 0 aliphatic rings. The van der Waals surface area contributed by atoms with Gasteiger partial charge in [0.15, 0.2) is 22.1 Å². The summed E-state index contributed by atoms with van der Waals surface area (Å²) in [6, 6.07) is 13.4. The first-order chi connectivity index (χ1) is 14.9. The zero-order chi connectivity index (χ0) is 22.4. The van der Waals surface area contributed by atoms with Crippen LogP contribution in [0.5, 0.6) is 11.5 Å². The number of amides is 1. The fourth-order valence-electron chi connectivity index (χ4n) is 3.32. The third-order valence-corrected chi connectivity index (χ3v) is 5.09. The number of nitrogens with one attached hydrogen (secondary N) is 2. The van der Waals surface area contributed by atoms with E-state index in [4.69, 9.17) is 21.7 Å². The van der Waals surface area contributed by atoms with Crippen molar-refractivity contribution >= 4 is 18.1 Å². The van der Waals surface area contributed by atoms with E-state index in [0.717, 1.165) is 16.7 Å². The molecule has 1 atom stereocenters. The molecule has 0 spiro atoms. The maximum atomic E-state index is 12.8. The predicted molar refractivity (Wildman–Crippen MR) is 123 cm³/mol. The molecule has 3 rings (SSSR count). The summed E-state index contributed by atoms with van der Waals surface area (Å²) < 4.78 is 13.4. The van der Waals surface area contributed by atoms with Gasteiger partial charge in [0.2, 0.25) is 5.91 Å². The lowest BCUT2D eigenvalue weighted by atomic mass is 10.1. The summed E-state index contributed by atoms with van der Waals surface area (Å²) in [5.41, 5.74) is 2.94. The van der Waals surface area contributed by atoms with Gasteiger partial charge in [-0.15, -0.1) is 0 Å². The molecule has 2 N–H and O–H groups in total. The van der Waals surface area contributed by atoms with E-state index in [9.17, 15) is 4.79 Å².